The van der Waals surface area contributed by atoms with Crippen molar-refractivity contribution in [2.75, 3.05) is 0 Å². The van der Waals surface area contributed by atoms with Crippen molar-refractivity contribution in [2.24, 2.45) is 0 Å². The van der Waals surface area contributed by atoms with Crippen molar-refractivity contribution in [3.63, 3.8) is 0 Å². The summed E-state index contributed by atoms with van der Waals surface area (Å²) in [7, 11) is 0. The number of hydrogen-bond donors (Lipinski definition) is 1. The number of amides is 1. The van der Waals surface area contributed by atoms with Gasteiger partial charge in [-0.1, -0.05) is 0 Å². The molecule has 0 aliphatic carbocycles. The molecule has 0 fully saturated rings. The fraction of sp³-hybridized carbons (Fsp3) is 0.444. The lowest BCUT2D eigenvalue weighted by Gasteiger charge is -2.08. The summed E-state index contributed by atoms with van der Waals surface area (Å²) >= 11 is 0. The van der Waals surface area contributed by atoms with Crippen molar-refractivity contribution in [3.8, 4) is 0 Å². The molecule has 1 rings (SSSR count). The standard InChI is InChI=1S/C9H13N3O2/c1-7(2)11-8(13)5-12-6-10-4-3-9(12)14/h3-4,6-7H,5H2,1-2H3,(H,11,13). The van der Waals surface area contributed by atoms with Crippen LogP contribution in [0.15, 0.2) is 23.4 Å². The van der Waals surface area contributed by atoms with Crippen LogP contribution in [0.1, 0.15) is 13.8 Å². The third-order valence-corrected chi connectivity index (χ3v) is 1.56. The minimum atomic E-state index is -0.223. The van der Waals surface area contributed by atoms with Crippen LogP contribution < -0.4 is 10.9 Å². The Kier molecular flexibility index (Phi) is 3.39. The molecule has 1 amide bonds. The Hall–Kier alpha value is -1.65. The largest absolute Gasteiger partial charge is 0.352 e. The highest BCUT2D eigenvalue weighted by Crippen LogP contribution is 1.81. The molecule has 1 heterocycles. The lowest BCUT2D eigenvalue weighted by Crippen LogP contribution is -2.35. The second-order valence-electron chi connectivity index (χ2n) is 3.27. The van der Waals surface area contributed by atoms with Crippen molar-refractivity contribution < 1.29 is 4.79 Å². The smallest absolute Gasteiger partial charge is 0.253 e. The second-order valence-corrected chi connectivity index (χ2v) is 3.27. The first-order chi connectivity index (χ1) is 6.59. The highest BCUT2D eigenvalue weighted by Gasteiger charge is 2.04. The van der Waals surface area contributed by atoms with Crippen LogP contribution in [0.2, 0.25) is 0 Å². The fourth-order valence-corrected chi connectivity index (χ4v) is 1.02. The van der Waals surface area contributed by atoms with E-state index in [-0.39, 0.29) is 24.1 Å². The number of carbonyl (C=O) groups excluding carboxylic acids is 1. The molecule has 1 aromatic rings. The van der Waals surface area contributed by atoms with Crippen LogP contribution in [0, 0.1) is 0 Å². The first-order valence-electron chi connectivity index (χ1n) is 4.39. The molecule has 14 heavy (non-hydrogen) atoms. The molecule has 0 aliphatic rings. The molecule has 0 atom stereocenters. The van der Waals surface area contributed by atoms with Gasteiger partial charge in [0.25, 0.3) is 5.56 Å². The molecule has 0 saturated heterocycles. The van der Waals surface area contributed by atoms with Gasteiger partial charge in [0.1, 0.15) is 6.54 Å². The Morgan fingerprint density at radius 2 is 2.36 bits per heavy atom. The molecule has 76 valence electrons. The predicted molar refractivity (Wildman–Crippen MR) is 51.8 cm³/mol. The van der Waals surface area contributed by atoms with Gasteiger partial charge in [-0.25, -0.2) is 4.98 Å². The molecule has 5 heteroatoms. The van der Waals surface area contributed by atoms with Gasteiger partial charge in [0.15, 0.2) is 0 Å². The summed E-state index contributed by atoms with van der Waals surface area (Å²) in [5, 5.41) is 2.69. The maximum absolute atomic E-state index is 11.3. The predicted octanol–water partition coefficient (Wildman–Crippen LogP) is -0.232. The number of nitrogens with zero attached hydrogens (tertiary/aromatic N) is 2. The van der Waals surface area contributed by atoms with Gasteiger partial charge in [0.2, 0.25) is 5.91 Å². The van der Waals surface area contributed by atoms with Crippen LogP contribution in [-0.2, 0) is 11.3 Å². The minimum Gasteiger partial charge on any atom is -0.352 e. The lowest BCUT2D eigenvalue weighted by molar-refractivity contribution is -0.122. The van der Waals surface area contributed by atoms with E-state index in [0.29, 0.717) is 0 Å². The van der Waals surface area contributed by atoms with Crippen LogP contribution in [0.3, 0.4) is 0 Å². The zero-order valence-corrected chi connectivity index (χ0v) is 8.23. The maximum atomic E-state index is 11.3. The van der Waals surface area contributed by atoms with E-state index >= 15 is 0 Å². The van der Waals surface area contributed by atoms with Crippen molar-refractivity contribution in [1.82, 2.24) is 14.9 Å². The molecule has 0 saturated carbocycles. The number of hydrogen-bond acceptors (Lipinski definition) is 3. The Morgan fingerprint density at radius 1 is 1.64 bits per heavy atom. The number of nitrogens with one attached hydrogen (secondary N) is 1. The first-order valence-corrected chi connectivity index (χ1v) is 4.39. The van der Waals surface area contributed by atoms with Gasteiger partial charge in [0, 0.05) is 18.3 Å². The highest BCUT2D eigenvalue weighted by atomic mass is 16.2. The molecular formula is C9H13N3O2. The van der Waals surface area contributed by atoms with E-state index in [1.807, 2.05) is 13.8 Å². The quantitative estimate of drug-likeness (QED) is 0.724. The fourth-order valence-electron chi connectivity index (χ4n) is 1.02. The summed E-state index contributed by atoms with van der Waals surface area (Å²) in [5.41, 5.74) is -0.223. The van der Waals surface area contributed by atoms with Crippen molar-refractivity contribution in [3.05, 3.63) is 28.9 Å². The summed E-state index contributed by atoms with van der Waals surface area (Å²) in [6, 6.07) is 1.40. The summed E-state index contributed by atoms with van der Waals surface area (Å²) in [4.78, 5) is 26.2. The van der Waals surface area contributed by atoms with Crippen LogP contribution in [0.5, 0.6) is 0 Å². The Bertz CT molecular complexity index is 370. The molecule has 0 unspecified atom stereocenters. The van der Waals surface area contributed by atoms with E-state index in [1.165, 1.54) is 23.2 Å². The van der Waals surface area contributed by atoms with E-state index in [0.717, 1.165) is 0 Å². The molecule has 1 aromatic heterocycles. The van der Waals surface area contributed by atoms with E-state index in [1.54, 1.807) is 0 Å². The summed E-state index contributed by atoms with van der Waals surface area (Å²) in [5.74, 6) is -0.185. The molecule has 5 nitrogen and oxygen atoms in total. The molecule has 1 N–H and O–H groups in total. The van der Waals surface area contributed by atoms with E-state index in [9.17, 15) is 9.59 Å². The van der Waals surface area contributed by atoms with Gasteiger partial charge < -0.3 is 5.32 Å². The highest BCUT2D eigenvalue weighted by molar-refractivity contribution is 5.75. The number of carbonyl (C=O) groups is 1. The molecular weight excluding hydrogens is 182 g/mol. The van der Waals surface area contributed by atoms with Crippen LogP contribution in [-0.4, -0.2) is 21.5 Å². The normalized spacial score (nSPS) is 10.2. The Morgan fingerprint density at radius 3 is 2.93 bits per heavy atom. The number of rotatable bonds is 3. The van der Waals surface area contributed by atoms with Crippen molar-refractivity contribution >= 4 is 5.91 Å². The van der Waals surface area contributed by atoms with Crippen LogP contribution >= 0.6 is 0 Å². The van der Waals surface area contributed by atoms with Gasteiger partial charge >= 0.3 is 0 Å². The summed E-state index contributed by atoms with van der Waals surface area (Å²) in [6.07, 6.45) is 2.75. The van der Waals surface area contributed by atoms with E-state index in [2.05, 4.69) is 10.3 Å². The van der Waals surface area contributed by atoms with Crippen molar-refractivity contribution in [1.29, 1.82) is 0 Å². The first kappa shape index (κ1) is 10.4. The van der Waals surface area contributed by atoms with Crippen LogP contribution in [0.25, 0.3) is 0 Å². The van der Waals surface area contributed by atoms with Crippen LogP contribution in [0.4, 0.5) is 0 Å². The second kappa shape index (κ2) is 4.55. The van der Waals surface area contributed by atoms with E-state index < -0.39 is 0 Å². The van der Waals surface area contributed by atoms with Crippen molar-refractivity contribution in [2.45, 2.75) is 26.4 Å². The third kappa shape index (κ3) is 3.01. The molecule has 0 radical (unpaired) electrons. The average molecular weight is 195 g/mol. The molecule has 0 aromatic carbocycles. The summed E-state index contributed by atoms with van der Waals surface area (Å²) < 4.78 is 1.26. The number of aromatic nitrogens is 2. The topological polar surface area (TPSA) is 64.0 Å². The zero-order valence-electron chi connectivity index (χ0n) is 8.23. The van der Waals surface area contributed by atoms with E-state index in [4.69, 9.17) is 0 Å². The monoisotopic (exact) mass is 195 g/mol. The van der Waals surface area contributed by atoms with Gasteiger partial charge in [-0.05, 0) is 13.8 Å². The Labute approximate surface area is 81.8 Å². The average Bonchev–Trinajstić information content (AvgIpc) is 2.07. The summed E-state index contributed by atoms with van der Waals surface area (Å²) in [6.45, 7) is 3.75. The van der Waals surface area contributed by atoms with Gasteiger partial charge in [0.05, 0.1) is 6.33 Å². The zero-order chi connectivity index (χ0) is 10.6. The third-order valence-electron chi connectivity index (χ3n) is 1.56. The molecule has 0 bridgehead atoms. The molecule has 0 spiro atoms. The lowest BCUT2D eigenvalue weighted by atomic mass is 10.4. The molecule has 0 aliphatic heterocycles. The van der Waals surface area contributed by atoms with Gasteiger partial charge in [-0.3, -0.25) is 14.2 Å². The maximum Gasteiger partial charge on any atom is 0.253 e. The Balaban J connectivity index is 2.65. The van der Waals surface area contributed by atoms with Gasteiger partial charge in [-0.2, -0.15) is 0 Å². The SMILES string of the molecule is CC(C)NC(=O)Cn1cnccc1=O. The minimum absolute atomic E-state index is 0.0187. The van der Waals surface area contributed by atoms with Gasteiger partial charge in [-0.15, -0.1) is 0 Å².